The van der Waals surface area contributed by atoms with E-state index in [4.69, 9.17) is 0 Å². The first kappa shape index (κ1) is 10.9. The van der Waals surface area contributed by atoms with Crippen LogP contribution in [-0.2, 0) is 14.4 Å². The number of hydrogen-bond acceptors (Lipinski definition) is 3. The maximum Gasteiger partial charge on any atom is 0.229 e. The molecule has 0 saturated carbocycles. The fourth-order valence-corrected chi connectivity index (χ4v) is 1.64. The quantitative estimate of drug-likeness (QED) is 0.631. The lowest BCUT2D eigenvalue weighted by Gasteiger charge is -2.29. The highest BCUT2D eigenvalue weighted by Gasteiger charge is 2.32. The lowest BCUT2D eigenvalue weighted by Crippen LogP contribution is -2.48. The van der Waals surface area contributed by atoms with Crippen molar-refractivity contribution >= 4 is 17.6 Å². The van der Waals surface area contributed by atoms with Gasteiger partial charge < -0.3 is 0 Å². The SMILES string of the molecule is CCC(=O)C(C)N1C(=O)CCCC1=O. The summed E-state index contributed by atoms with van der Waals surface area (Å²) in [6.45, 7) is 3.35. The fraction of sp³-hybridized carbons (Fsp3) is 0.700. The molecule has 1 fully saturated rings. The number of ketones is 1. The molecule has 0 spiro atoms. The van der Waals surface area contributed by atoms with Crippen LogP contribution in [0.2, 0.25) is 0 Å². The third kappa shape index (κ3) is 2.00. The number of imide groups is 1. The van der Waals surface area contributed by atoms with Crippen molar-refractivity contribution in [2.24, 2.45) is 0 Å². The molecule has 4 nitrogen and oxygen atoms in total. The summed E-state index contributed by atoms with van der Waals surface area (Å²) in [6.07, 6.45) is 1.74. The largest absolute Gasteiger partial charge is 0.297 e. The molecule has 1 unspecified atom stereocenters. The van der Waals surface area contributed by atoms with Crippen molar-refractivity contribution in [2.45, 2.75) is 45.6 Å². The lowest BCUT2D eigenvalue weighted by molar-refractivity contribution is -0.153. The third-order valence-corrected chi connectivity index (χ3v) is 2.52. The van der Waals surface area contributed by atoms with Crippen molar-refractivity contribution in [2.75, 3.05) is 0 Å². The van der Waals surface area contributed by atoms with E-state index in [1.165, 1.54) is 0 Å². The zero-order valence-electron chi connectivity index (χ0n) is 8.58. The van der Waals surface area contributed by atoms with Crippen LogP contribution >= 0.6 is 0 Å². The highest BCUT2D eigenvalue weighted by molar-refractivity contribution is 6.02. The van der Waals surface area contributed by atoms with Crippen LogP contribution in [0.5, 0.6) is 0 Å². The third-order valence-electron chi connectivity index (χ3n) is 2.52. The van der Waals surface area contributed by atoms with E-state index in [-0.39, 0.29) is 17.6 Å². The predicted molar refractivity (Wildman–Crippen MR) is 50.5 cm³/mol. The van der Waals surface area contributed by atoms with Gasteiger partial charge in [0.25, 0.3) is 0 Å². The Bertz CT molecular complexity index is 257. The number of likely N-dealkylation sites (tertiary alicyclic amines) is 1. The average Bonchev–Trinajstić information content (AvgIpc) is 2.16. The average molecular weight is 197 g/mol. The summed E-state index contributed by atoms with van der Waals surface area (Å²) >= 11 is 0. The van der Waals surface area contributed by atoms with Crippen LogP contribution in [0.4, 0.5) is 0 Å². The van der Waals surface area contributed by atoms with E-state index < -0.39 is 6.04 Å². The molecule has 1 saturated heterocycles. The smallest absolute Gasteiger partial charge is 0.229 e. The minimum atomic E-state index is -0.583. The molecule has 0 aliphatic carbocycles. The molecule has 4 heteroatoms. The summed E-state index contributed by atoms with van der Waals surface area (Å²) < 4.78 is 0. The molecule has 1 aliphatic heterocycles. The Morgan fingerprint density at radius 2 is 1.86 bits per heavy atom. The summed E-state index contributed by atoms with van der Waals surface area (Å²) in [6, 6.07) is -0.583. The molecule has 14 heavy (non-hydrogen) atoms. The summed E-state index contributed by atoms with van der Waals surface area (Å²) in [5, 5.41) is 0. The van der Waals surface area contributed by atoms with Gasteiger partial charge in [-0.2, -0.15) is 0 Å². The van der Waals surface area contributed by atoms with E-state index in [0.29, 0.717) is 25.7 Å². The molecule has 2 amide bonds. The normalized spacial score (nSPS) is 19.7. The van der Waals surface area contributed by atoms with Crippen molar-refractivity contribution in [1.29, 1.82) is 0 Å². The Hall–Kier alpha value is -1.19. The molecular formula is C10H15NO3. The van der Waals surface area contributed by atoms with Gasteiger partial charge in [-0.05, 0) is 13.3 Å². The molecule has 0 radical (unpaired) electrons. The van der Waals surface area contributed by atoms with Crippen molar-refractivity contribution in [3.63, 3.8) is 0 Å². The Labute approximate surface area is 83.3 Å². The topological polar surface area (TPSA) is 54.5 Å². The zero-order chi connectivity index (χ0) is 10.7. The van der Waals surface area contributed by atoms with Gasteiger partial charge in [-0.3, -0.25) is 19.3 Å². The number of Topliss-reactive ketones (excluding diaryl/α,β-unsaturated/α-hetero) is 1. The van der Waals surface area contributed by atoms with Crippen LogP contribution in [0.1, 0.15) is 39.5 Å². The predicted octanol–water partition coefficient (Wildman–Crippen LogP) is 0.893. The summed E-state index contributed by atoms with van der Waals surface area (Å²) in [7, 11) is 0. The molecule has 1 atom stereocenters. The summed E-state index contributed by atoms with van der Waals surface area (Å²) in [5.41, 5.74) is 0. The second-order valence-corrected chi connectivity index (χ2v) is 3.51. The number of amides is 2. The number of nitrogens with zero attached hydrogens (tertiary/aromatic N) is 1. The minimum absolute atomic E-state index is 0.0615. The van der Waals surface area contributed by atoms with Crippen LogP contribution in [0.3, 0.4) is 0 Å². The molecule has 0 bridgehead atoms. The van der Waals surface area contributed by atoms with Crippen molar-refractivity contribution in [3.8, 4) is 0 Å². The Kier molecular flexibility index (Phi) is 3.38. The first-order chi connectivity index (χ1) is 6.57. The molecule has 78 valence electrons. The Morgan fingerprint density at radius 3 is 2.29 bits per heavy atom. The van der Waals surface area contributed by atoms with Crippen LogP contribution in [-0.4, -0.2) is 28.5 Å². The van der Waals surface area contributed by atoms with E-state index in [1.807, 2.05) is 0 Å². The second-order valence-electron chi connectivity index (χ2n) is 3.51. The maximum absolute atomic E-state index is 11.4. The van der Waals surface area contributed by atoms with Gasteiger partial charge in [0.1, 0.15) is 0 Å². The van der Waals surface area contributed by atoms with Crippen molar-refractivity contribution in [1.82, 2.24) is 4.90 Å². The van der Waals surface area contributed by atoms with Gasteiger partial charge in [0.15, 0.2) is 5.78 Å². The first-order valence-corrected chi connectivity index (χ1v) is 4.95. The summed E-state index contributed by atoms with van der Waals surface area (Å²) in [5.74, 6) is -0.486. The summed E-state index contributed by atoms with van der Waals surface area (Å²) in [4.78, 5) is 35.3. The van der Waals surface area contributed by atoms with Crippen LogP contribution in [0.15, 0.2) is 0 Å². The minimum Gasteiger partial charge on any atom is -0.297 e. The van der Waals surface area contributed by atoms with E-state index in [0.717, 1.165) is 4.90 Å². The van der Waals surface area contributed by atoms with Crippen LogP contribution in [0.25, 0.3) is 0 Å². The highest BCUT2D eigenvalue weighted by atomic mass is 16.2. The van der Waals surface area contributed by atoms with Crippen LogP contribution < -0.4 is 0 Å². The Morgan fingerprint density at radius 1 is 1.36 bits per heavy atom. The molecular weight excluding hydrogens is 182 g/mol. The number of hydrogen-bond donors (Lipinski definition) is 0. The molecule has 1 heterocycles. The molecule has 0 aromatic rings. The fourth-order valence-electron chi connectivity index (χ4n) is 1.64. The van der Waals surface area contributed by atoms with Crippen LogP contribution in [0, 0.1) is 0 Å². The van der Waals surface area contributed by atoms with Crippen molar-refractivity contribution < 1.29 is 14.4 Å². The molecule has 1 aliphatic rings. The van der Waals surface area contributed by atoms with Gasteiger partial charge in [-0.15, -0.1) is 0 Å². The first-order valence-electron chi connectivity index (χ1n) is 4.95. The standard InChI is InChI=1S/C10H15NO3/c1-3-8(12)7(2)11-9(13)5-4-6-10(11)14/h7H,3-6H2,1-2H3. The number of carbonyl (C=O) groups excluding carboxylic acids is 3. The zero-order valence-corrected chi connectivity index (χ0v) is 8.58. The van der Waals surface area contributed by atoms with E-state index in [1.54, 1.807) is 13.8 Å². The number of piperidine rings is 1. The van der Waals surface area contributed by atoms with E-state index in [2.05, 4.69) is 0 Å². The van der Waals surface area contributed by atoms with Gasteiger partial charge in [0, 0.05) is 19.3 Å². The van der Waals surface area contributed by atoms with Gasteiger partial charge in [0.05, 0.1) is 6.04 Å². The number of carbonyl (C=O) groups is 3. The number of rotatable bonds is 3. The van der Waals surface area contributed by atoms with Gasteiger partial charge >= 0.3 is 0 Å². The van der Waals surface area contributed by atoms with Gasteiger partial charge in [-0.1, -0.05) is 6.92 Å². The maximum atomic E-state index is 11.4. The molecule has 0 N–H and O–H groups in total. The lowest BCUT2D eigenvalue weighted by atomic mass is 10.0. The van der Waals surface area contributed by atoms with Gasteiger partial charge in [-0.25, -0.2) is 0 Å². The highest BCUT2D eigenvalue weighted by Crippen LogP contribution is 2.16. The van der Waals surface area contributed by atoms with Crippen molar-refractivity contribution in [3.05, 3.63) is 0 Å². The molecule has 1 rings (SSSR count). The van der Waals surface area contributed by atoms with E-state index >= 15 is 0 Å². The molecule has 0 aromatic heterocycles. The monoisotopic (exact) mass is 197 g/mol. The molecule has 0 aromatic carbocycles. The Balaban J connectivity index is 2.77. The van der Waals surface area contributed by atoms with Gasteiger partial charge in [0.2, 0.25) is 11.8 Å². The van der Waals surface area contributed by atoms with E-state index in [9.17, 15) is 14.4 Å². The second kappa shape index (κ2) is 4.35.